The maximum Gasteiger partial charge on any atom is 0.135 e. The molecule has 0 aliphatic carbocycles. The van der Waals surface area contributed by atoms with Crippen LogP contribution in [0.25, 0.3) is 0 Å². The highest BCUT2D eigenvalue weighted by atomic mass is 16.5. The number of carbonyl (C=O) groups excluding carboxylic acids is 1. The van der Waals surface area contributed by atoms with Crippen molar-refractivity contribution in [1.82, 2.24) is 0 Å². The second-order valence-corrected chi connectivity index (χ2v) is 2.70. The zero-order chi connectivity index (χ0) is 7.56. The van der Waals surface area contributed by atoms with Crippen molar-refractivity contribution in [3.8, 4) is 0 Å². The summed E-state index contributed by atoms with van der Waals surface area (Å²) in [5.41, 5.74) is 0. The van der Waals surface area contributed by atoms with Crippen LogP contribution in [0.3, 0.4) is 0 Å². The summed E-state index contributed by atoms with van der Waals surface area (Å²) in [4.78, 5) is 10.8. The molecule has 0 amide bonds. The number of carbonyl (C=O) groups is 1. The van der Waals surface area contributed by atoms with E-state index < -0.39 is 0 Å². The minimum absolute atomic E-state index is 0.0394. The summed E-state index contributed by atoms with van der Waals surface area (Å²) < 4.78 is 5.04. The summed E-state index contributed by atoms with van der Waals surface area (Å²) in [7, 11) is 0. The van der Waals surface area contributed by atoms with Gasteiger partial charge in [0.05, 0.1) is 13.2 Å². The third-order valence-electron chi connectivity index (χ3n) is 1.96. The fraction of sp³-hybridized carbons (Fsp3) is 0.857. The first-order valence-corrected chi connectivity index (χ1v) is 3.44. The fourth-order valence-electron chi connectivity index (χ4n) is 1.23. The number of hydrogen-bond donors (Lipinski definition) is 1. The topological polar surface area (TPSA) is 46.5 Å². The molecule has 2 unspecified atom stereocenters. The van der Waals surface area contributed by atoms with E-state index in [0.29, 0.717) is 13.2 Å². The Hall–Kier alpha value is -0.410. The van der Waals surface area contributed by atoms with Crippen molar-refractivity contribution in [2.24, 2.45) is 11.8 Å². The zero-order valence-corrected chi connectivity index (χ0v) is 6.04. The Kier molecular flexibility index (Phi) is 2.40. The second-order valence-electron chi connectivity index (χ2n) is 2.70. The van der Waals surface area contributed by atoms with Gasteiger partial charge in [-0.05, 0) is 6.92 Å². The van der Waals surface area contributed by atoms with E-state index in [0.717, 1.165) is 0 Å². The van der Waals surface area contributed by atoms with Crippen LogP contribution in [-0.4, -0.2) is 30.7 Å². The summed E-state index contributed by atoms with van der Waals surface area (Å²) in [6.45, 7) is 2.62. The Labute approximate surface area is 60.0 Å². The summed E-state index contributed by atoms with van der Waals surface area (Å²) in [6, 6.07) is 0. The molecule has 3 nitrogen and oxygen atoms in total. The van der Waals surface area contributed by atoms with Crippen LogP contribution in [0.5, 0.6) is 0 Å². The zero-order valence-electron chi connectivity index (χ0n) is 6.04. The highest BCUT2D eigenvalue weighted by Crippen LogP contribution is 2.20. The molecule has 1 aliphatic rings. The summed E-state index contributed by atoms with van der Waals surface area (Å²) in [6.07, 6.45) is 0. The first kappa shape index (κ1) is 7.69. The molecule has 1 fully saturated rings. The minimum atomic E-state index is -0.0648. The maximum absolute atomic E-state index is 10.8. The number of aliphatic hydroxyl groups is 1. The average Bonchev–Trinajstić information content (AvgIpc) is 2.33. The van der Waals surface area contributed by atoms with Crippen LogP contribution in [0.4, 0.5) is 0 Å². The van der Waals surface area contributed by atoms with Crippen LogP contribution < -0.4 is 0 Å². The molecule has 1 aliphatic heterocycles. The van der Waals surface area contributed by atoms with Crippen molar-refractivity contribution < 1.29 is 14.6 Å². The number of rotatable bonds is 2. The molecule has 3 heteroatoms. The van der Waals surface area contributed by atoms with Gasteiger partial charge in [0.25, 0.3) is 0 Å². The van der Waals surface area contributed by atoms with Crippen LogP contribution in [0.2, 0.25) is 0 Å². The van der Waals surface area contributed by atoms with Gasteiger partial charge in [0.2, 0.25) is 0 Å². The molecule has 0 spiro atoms. The van der Waals surface area contributed by atoms with Gasteiger partial charge in [0.1, 0.15) is 5.78 Å². The quantitative estimate of drug-likeness (QED) is 0.585. The standard InChI is InChI=1S/C7H12O3/c1-5(9)7-4-10-3-6(7)2-8/h6-8H,2-4H2,1H3. The van der Waals surface area contributed by atoms with E-state index in [9.17, 15) is 4.79 Å². The molecular formula is C7H12O3. The van der Waals surface area contributed by atoms with Crippen LogP contribution in [0.1, 0.15) is 6.92 Å². The highest BCUT2D eigenvalue weighted by molar-refractivity contribution is 5.79. The van der Waals surface area contributed by atoms with E-state index in [1.54, 1.807) is 6.92 Å². The molecule has 0 bridgehead atoms. The van der Waals surface area contributed by atoms with Gasteiger partial charge in [0, 0.05) is 18.4 Å². The van der Waals surface area contributed by atoms with Gasteiger partial charge in [0.15, 0.2) is 0 Å². The van der Waals surface area contributed by atoms with E-state index in [2.05, 4.69) is 0 Å². The van der Waals surface area contributed by atoms with Crippen molar-refractivity contribution >= 4 is 5.78 Å². The van der Waals surface area contributed by atoms with Crippen molar-refractivity contribution in [2.45, 2.75) is 6.92 Å². The predicted octanol–water partition coefficient (Wildman–Crippen LogP) is -0.170. The van der Waals surface area contributed by atoms with Gasteiger partial charge in [-0.25, -0.2) is 0 Å². The number of ether oxygens (including phenoxy) is 1. The molecule has 0 aromatic heterocycles. The first-order valence-electron chi connectivity index (χ1n) is 3.44. The third-order valence-corrected chi connectivity index (χ3v) is 1.96. The lowest BCUT2D eigenvalue weighted by molar-refractivity contribution is -0.122. The molecule has 0 aromatic carbocycles. The summed E-state index contributed by atoms with van der Waals surface area (Å²) >= 11 is 0. The lowest BCUT2D eigenvalue weighted by Crippen LogP contribution is -2.22. The highest BCUT2D eigenvalue weighted by Gasteiger charge is 2.30. The Morgan fingerprint density at radius 1 is 1.70 bits per heavy atom. The fourth-order valence-corrected chi connectivity index (χ4v) is 1.23. The van der Waals surface area contributed by atoms with E-state index >= 15 is 0 Å². The Morgan fingerprint density at radius 2 is 2.40 bits per heavy atom. The molecule has 1 heterocycles. The molecule has 0 saturated carbocycles. The Balaban J connectivity index is 2.50. The maximum atomic E-state index is 10.8. The van der Waals surface area contributed by atoms with Crippen molar-refractivity contribution in [2.75, 3.05) is 19.8 Å². The van der Waals surface area contributed by atoms with Crippen LogP contribution in [-0.2, 0) is 9.53 Å². The predicted molar refractivity (Wildman–Crippen MR) is 35.6 cm³/mol. The van der Waals surface area contributed by atoms with Gasteiger partial charge in [-0.1, -0.05) is 0 Å². The SMILES string of the molecule is CC(=O)C1COCC1CO. The van der Waals surface area contributed by atoms with Gasteiger partial charge < -0.3 is 9.84 Å². The average molecular weight is 144 g/mol. The Bertz CT molecular complexity index is 133. The number of ketones is 1. The molecule has 0 aromatic rings. The van der Waals surface area contributed by atoms with Crippen LogP contribution >= 0.6 is 0 Å². The normalized spacial score (nSPS) is 32.6. The van der Waals surface area contributed by atoms with E-state index in [4.69, 9.17) is 9.84 Å². The molecule has 1 saturated heterocycles. The van der Waals surface area contributed by atoms with Crippen molar-refractivity contribution in [1.29, 1.82) is 0 Å². The second kappa shape index (κ2) is 3.12. The number of Topliss-reactive ketones (excluding diaryl/α,β-unsaturated/α-hetero) is 1. The molecule has 1 N–H and O–H groups in total. The van der Waals surface area contributed by atoms with Crippen LogP contribution in [0, 0.1) is 11.8 Å². The Morgan fingerprint density at radius 3 is 2.80 bits per heavy atom. The summed E-state index contributed by atoms with van der Waals surface area (Å²) in [5.74, 6) is 0.0963. The van der Waals surface area contributed by atoms with E-state index in [-0.39, 0.29) is 24.2 Å². The molecule has 58 valence electrons. The van der Waals surface area contributed by atoms with Crippen molar-refractivity contribution in [3.63, 3.8) is 0 Å². The minimum Gasteiger partial charge on any atom is -0.396 e. The smallest absolute Gasteiger partial charge is 0.135 e. The molecule has 1 rings (SSSR count). The largest absolute Gasteiger partial charge is 0.396 e. The van der Waals surface area contributed by atoms with Crippen molar-refractivity contribution in [3.05, 3.63) is 0 Å². The molecule has 2 atom stereocenters. The monoisotopic (exact) mass is 144 g/mol. The van der Waals surface area contributed by atoms with Gasteiger partial charge in [-0.15, -0.1) is 0 Å². The molecule has 10 heavy (non-hydrogen) atoms. The lowest BCUT2D eigenvalue weighted by Gasteiger charge is -2.09. The third kappa shape index (κ3) is 1.36. The first-order chi connectivity index (χ1) is 4.75. The van der Waals surface area contributed by atoms with Crippen LogP contribution in [0.15, 0.2) is 0 Å². The molecular weight excluding hydrogens is 132 g/mol. The summed E-state index contributed by atoms with van der Waals surface area (Å²) in [5, 5.41) is 8.75. The van der Waals surface area contributed by atoms with E-state index in [1.807, 2.05) is 0 Å². The molecule has 0 radical (unpaired) electrons. The van der Waals surface area contributed by atoms with E-state index in [1.165, 1.54) is 0 Å². The van der Waals surface area contributed by atoms with Gasteiger partial charge >= 0.3 is 0 Å². The number of aliphatic hydroxyl groups excluding tert-OH is 1. The van der Waals surface area contributed by atoms with Gasteiger partial charge in [-0.3, -0.25) is 4.79 Å². The van der Waals surface area contributed by atoms with Gasteiger partial charge in [-0.2, -0.15) is 0 Å². The number of hydrogen-bond acceptors (Lipinski definition) is 3. The lowest BCUT2D eigenvalue weighted by atomic mass is 9.94.